The van der Waals surface area contributed by atoms with Gasteiger partial charge in [-0.1, -0.05) is 45.4 Å². The van der Waals surface area contributed by atoms with Crippen molar-refractivity contribution < 1.29 is 9.53 Å². The Morgan fingerprint density at radius 2 is 1.53 bits per heavy atom. The number of hydrogen-bond acceptors (Lipinski definition) is 3. The molecular formula is C14H29NO2. The van der Waals surface area contributed by atoms with Gasteiger partial charge in [0.2, 0.25) is 0 Å². The zero-order valence-corrected chi connectivity index (χ0v) is 11.6. The lowest BCUT2D eigenvalue weighted by molar-refractivity contribution is -0.140. The van der Waals surface area contributed by atoms with Crippen LogP contribution in [0.4, 0.5) is 0 Å². The van der Waals surface area contributed by atoms with Crippen molar-refractivity contribution in [1.82, 2.24) is 5.32 Å². The molecule has 0 fully saturated rings. The fraction of sp³-hybridized carbons (Fsp3) is 0.929. The summed E-state index contributed by atoms with van der Waals surface area (Å²) in [7, 11) is 1.44. The van der Waals surface area contributed by atoms with E-state index in [0.717, 1.165) is 19.5 Å². The highest BCUT2D eigenvalue weighted by atomic mass is 16.5. The molecule has 102 valence electrons. The van der Waals surface area contributed by atoms with E-state index in [0.29, 0.717) is 6.42 Å². The molecule has 0 spiro atoms. The van der Waals surface area contributed by atoms with Crippen LogP contribution in [0.2, 0.25) is 0 Å². The topological polar surface area (TPSA) is 38.3 Å². The number of rotatable bonds is 12. The molecule has 3 nitrogen and oxygen atoms in total. The summed E-state index contributed by atoms with van der Waals surface area (Å²) in [5, 5.41) is 3.36. The van der Waals surface area contributed by atoms with E-state index >= 15 is 0 Å². The van der Waals surface area contributed by atoms with Gasteiger partial charge in [0, 0.05) is 6.42 Å². The molecule has 0 radical (unpaired) electrons. The largest absolute Gasteiger partial charge is 0.469 e. The molecule has 0 aromatic rings. The molecule has 0 aliphatic carbocycles. The molecule has 0 heterocycles. The number of hydrogen-bond donors (Lipinski definition) is 1. The number of methoxy groups -OCH3 is 1. The van der Waals surface area contributed by atoms with Gasteiger partial charge in [0.05, 0.1) is 7.11 Å². The fourth-order valence-electron chi connectivity index (χ4n) is 1.79. The van der Waals surface area contributed by atoms with E-state index in [4.69, 9.17) is 0 Å². The molecule has 0 aromatic heterocycles. The predicted molar refractivity (Wildman–Crippen MR) is 72.1 cm³/mol. The molecule has 0 bridgehead atoms. The highest BCUT2D eigenvalue weighted by Crippen LogP contribution is 2.06. The van der Waals surface area contributed by atoms with Crippen LogP contribution in [0, 0.1) is 0 Å². The molecule has 0 saturated carbocycles. The molecule has 0 rings (SSSR count). The van der Waals surface area contributed by atoms with Crippen LogP contribution in [0.25, 0.3) is 0 Å². The summed E-state index contributed by atoms with van der Waals surface area (Å²) in [5.74, 6) is -0.109. The zero-order valence-electron chi connectivity index (χ0n) is 11.6. The van der Waals surface area contributed by atoms with Crippen molar-refractivity contribution >= 4 is 5.97 Å². The Kier molecular flexibility index (Phi) is 13.0. The Labute approximate surface area is 106 Å². The molecule has 0 aliphatic rings. The first-order chi connectivity index (χ1) is 8.31. The van der Waals surface area contributed by atoms with Gasteiger partial charge < -0.3 is 10.1 Å². The Morgan fingerprint density at radius 3 is 2.18 bits per heavy atom. The molecule has 0 amide bonds. The van der Waals surface area contributed by atoms with Crippen molar-refractivity contribution in [3.63, 3.8) is 0 Å². The lowest BCUT2D eigenvalue weighted by Crippen LogP contribution is -2.17. The van der Waals surface area contributed by atoms with Crippen LogP contribution in [-0.2, 0) is 9.53 Å². The third-order valence-corrected chi connectivity index (χ3v) is 2.92. The second-order valence-electron chi connectivity index (χ2n) is 4.55. The van der Waals surface area contributed by atoms with Crippen molar-refractivity contribution in [3.05, 3.63) is 0 Å². The van der Waals surface area contributed by atoms with E-state index in [9.17, 15) is 4.79 Å². The zero-order chi connectivity index (χ0) is 12.8. The Morgan fingerprint density at radius 1 is 0.941 bits per heavy atom. The van der Waals surface area contributed by atoms with Crippen LogP contribution in [0.3, 0.4) is 0 Å². The molecule has 0 aromatic carbocycles. The van der Waals surface area contributed by atoms with Crippen LogP contribution in [0.15, 0.2) is 0 Å². The smallest absolute Gasteiger partial charge is 0.305 e. The van der Waals surface area contributed by atoms with Crippen LogP contribution in [-0.4, -0.2) is 26.2 Å². The van der Waals surface area contributed by atoms with Gasteiger partial charge in [-0.25, -0.2) is 0 Å². The first-order valence-electron chi connectivity index (χ1n) is 7.08. The number of carbonyl (C=O) groups excluding carboxylic acids is 1. The van der Waals surface area contributed by atoms with E-state index in [-0.39, 0.29) is 5.97 Å². The van der Waals surface area contributed by atoms with Crippen LogP contribution in [0.5, 0.6) is 0 Å². The van der Waals surface area contributed by atoms with Gasteiger partial charge >= 0.3 is 5.97 Å². The SMILES string of the molecule is CCCCCCCCCNCCCC(=O)OC. The molecule has 0 atom stereocenters. The summed E-state index contributed by atoms with van der Waals surface area (Å²) < 4.78 is 4.58. The maximum Gasteiger partial charge on any atom is 0.305 e. The summed E-state index contributed by atoms with van der Waals surface area (Å²) in [6.45, 7) is 4.25. The first-order valence-corrected chi connectivity index (χ1v) is 7.08. The standard InChI is InChI=1S/C14H29NO2/c1-3-4-5-6-7-8-9-12-15-13-10-11-14(16)17-2/h15H,3-13H2,1-2H3. The van der Waals surface area contributed by atoms with Gasteiger partial charge in [0.15, 0.2) is 0 Å². The van der Waals surface area contributed by atoms with Crippen LogP contribution in [0.1, 0.15) is 64.7 Å². The van der Waals surface area contributed by atoms with E-state index in [1.807, 2.05) is 0 Å². The van der Waals surface area contributed by atoms with Gasteiger partial charge in [-0.05, 0) is 25.9 Å². The van der Waals surface area contributed by atoms with Crippen LogP contribution >= 0.6 is 0 Å². The second kappa shape index (κ2) is 13.5. The van der Waals surface area contributed by atoms with Gasteiger partial charge in [0.25, 0.3) is 0 Å². The monoisotopic (exact) mass is 243 g/mol. The number of ether oxygens (including phenoxy) is 1. The maximum absolute atomic E-state index is 10.8. The summed E-state index contributed by atoms with van der Waals surface area (Å²) in [6.07, 6.45) is 10.8. The average molecular weight is 243 g/mol. The third kappa shape index (κ3) is 13.4. The lowest BCUT2D eigenvalue weighted by Gasteiger charge is -2.04. The molecule has 0 unspecified atom stereocenters. The number of nitrogens with one attached hydrogen (secondary N) is 1. The van der Waals surface area contributed by atoms with Crippen molar-refractivity contribution in [2.75, 3.05) is 20.2 Å². The normalized spacial score (nSPS) is 10.5. The molecular weight excluding hydrogens is 214 g/mol. The molecule has 17 heavy (non-hydrogen) atoms. The molecule has 0 aliphatic heterocycles. The summed E-state index contributed by atoms with van der Waals surface area (Å²) in [4.78, 5) is 10.8. The highest BCUT2D eigenvalue weighted by molar-refractivity contribution is 5.68. The first kappa shape index (κ1) is 16.4. The number of unbranched alkanes of at least 4 members (excludes halogenated alkanes) is 6. The van der Waals surface area contributed by atoms with Crippen molar-refractivity contribution in [2.24, 2.45) is 0 Å². The van der Waals surface area contributed by atoms with Crippen molar-refractivity contribution in [1.29, 1.82) is 0 Å². The Hall–Kier alpha value is -0.570. The quantitative estimate of drug-likeness (QED) is 0.422. The van der Waals surface area contributed by atoms with Crippen LogP contribution < -0.4 is 5.32 Å². The molecule has 3 heteroatoms. The highest BCUT2D eigenvalue weighted by Gasteiger charge is 1.98. The Bertz CT molecular complexity index is 172. The second-order valence-corrected chi connectivity index (χ2v) is 4.55. The van der Waals surface area contributed by atoms with Gasteiger partial charge in [-0.3, -0.25) is 4.79 Å². The Balaban J connectivity index is 2.96. The number of carbonyl (C=O) groups is 1. The van der Waals surface area contributed by atoms with E-state index in [2.05, 4.69) is 17.0 Å². The van der Waals surface area contributed by atoms with E-state index < -0.39 is 0 Å². The van der Waals surface area contributed by atoms with E-state index in [1.165, 1.54) is 52.1 Å². The lowest BCUT2D eigenvalue weighted by atomic mass is 10.1. The summed E-state index contributed by atoms with van der Waals surface area (Å²) in [6, 6.07) is 0. The average Bonchev–Trinajstić information content (AvgIpc) is 2.35. The van der Waals surface area contributed by atoms with E-state index in [1.54, 1.807) is 0 Å². The fourth-order valence-corrected chi connectivity index (χ4v) is 1.79. The predicted octanol–water partition coefficient (Wildman–Crippen LogP) is 3.28. The third-order valence-electron chi connectivity index (χ3n) is 2.92. The van der Waals surface area contributed by atoms with Gasteiger partial charge in [0.1, 0.15) is 0 Å². The minimum atomic E-state index is -0.109. The minimum absolute atomic E-state index is 0.109. The van der Waals surface area contributed by atoms with Crippen molar-refractivity contribution in [3.8, 4) is 0 Å². The molecule has 1 N–H and O–H groups in total. The van der Waals surface area contributed by atoms with Gasteiger partial charge in [-0.2, -0.15) is 0 Å². The maximum atomic E-state index is 10.8. The number of esters is 1. The molecule has 0 saturated heterocycles. The minimum Gasteiger partial charge on any atom is -0.469 e. The summed E-state index contributed by atoms with van der Waals surface area (Å²) >= 11 is 0. The summed E-state index contributed by atoms with van der Waals surface area (Å²) in [5.41, 5.74) is 0. The van der Waals surface area contributed by atoms with Gasteiger partial charge in [-0.15, -0.1) is 0 Å². The van der Waals surface area contributed by atoms with Crippen molar-refractivity contribution in [2.45, 2.75) is 64.7 Å².